The van der Waals surface area contributed by atoms with Crippen LogP contribution < -0.4 is 0 Å². The second kappa shape index (κ2) is 3.72. The van der Waals surface area contributed by atoms with Gasteiger partial charge in [-0.25, -0.2) is 0 Å². The van der Waals surface area contributed by atoms with Gasteiger partial charge in [0.1, 0.15) is 0 Å². The Morgan fingerprint density at radius 2 is 2.00 bits per heavy atom. The van der Waals surface area contributed by atoms with Crippen molar-refractivity contribution in [3.63, 3.8) is 0 Å². The van der Waals surface area contributed by atoms with Crippen LogP contribution in [0.4, 0.5) is 0 Å². The standard InChI is InChI=1S/C8H16O3/c1-6(2)4-8(3,5-9)7(10)11/h6,9H,4-5H2,1-3H3,(H,10,11). The van der Waals surface area contributed by atoms with Crippen LogP contribution in [0.25, 0.3) is 0 Å². The summed E-state index contributed by atoms with van der Waals surface area (Å²) in [6.45, 7) is 5.16. The second-order valence-electron chi connectivity index (χ2n) is 3.62. The van der Waals surface area contributed by atoms with Gasteiger partial charge < -0.3 is 10.2 Å². The summed E-state index contributed by atoms with van der Waals surface area (Å²) in [5.41, 5.74) is -0.964. The number of aliphatic hydroxyl groups is 1. The molecule has 3 nitrogen and oxygen atoms in total. The van der Waals surface area contributed by atoms with E-state index in [0.717, 1.165) is 0 Å². The van der Waals surface area contributed by atoms with Crippen molar-refractivity contribution in [1.29, 1.82) is 0 Å². The summed E-state index contributed by atoms with van der Waals surface area (Å²) in [5, 5.41) is 17.5. The Morgan fingerprint density at radius 3 is 2.09 bits per heavy atom. The van der Waals surface area contributed by atoms with E-state index < -0.39 is 11.4 Å². The first-order valence-corrected chi connectivity index (χ1v) is 3.76. The van der Waals surface area contributed by atoms with Gasteiger partial charge in [-0.2, -0.15) is 0 Å². The Labute approximate surface area is 67.0 Å². The molecule has 0 aromatic heterocycles. The molecule has 0 aliphatic carbocycles. The van der Waals surface area contributed by atoms with Gasteiger partial charge >= 0.3 is 5.97 Å². The molecule has 1 unspecified atom stereocenters. The smallest absolute Gasteiger partial charge is 0.311 e. The van der Waals surface area contributed by atoms with E-state index in [9.17, 15) is 4.79 Å². The first-order chi connectivity index (χ1) is 4.92. The lowest BCUT2D eigenvalue weighted by atomic mass is 9.83. The normalized spacial score (nSPS) is 16.5. The lowest BCUT2D eigenvalue weighted by Gasteiger charge is -2.23. The first-order valence-electron chi connectivity index (χ1n) is 3.76. The summed E-state index contributed by atoms with van der Waals surface area (Å²) in [4.78, 5) is 10.6. The van der Waals surface area contributed by atoms with E-state index in [0.29, 0.717) is 12.3 Å². The van der Waals surface area contributed by atoms with Crippen molar-refractivity contribution in [3.8, 4) is 0 Å². The Morgan fingerprint density at radius 1 is 1.55 bits per heavy atom. The summed E-state index contributed by atoms with van der Waals surface area (Å²) in [5.74, 6) is -0.628. The fourth-order valence-electron chi connectivity index (χ4n) is 1.12. The van der Waals surface area contributed by atoms with Crippen molar-refractivity contribution in [2.24, 2.45) is 11.3 Å². The molecule has 0 aliphatic heterocycles. The fraction of sp³-hybridized carbons (Fsp3) is 0.875. The predicted octanol–water partition coefficient (Wildman–Crippen LogP) is 1.12. The highest BCUT2D eigenvalue weighted by molar-refractivity contribution is 5.74. The summed E-state index contributed by atoms with van der Waals surface area (Å²) < 4.78 is 0. The Hall–Kier alpha value is -0.570. The van der Waals surface area contributed by atoms with Gasteiger partial charge in [0.25, 0.3) is 0 Å². The lowest BCUT2D eigenvalue weighted by Crippen LogP contribution is -2.32. The molecule has 0 aromatic rings. The van der Waals surface area contributed by atoms with Crippen molar-refractivity contribution in [2.75, 3.05) is 6.61 Å². The fourth-order valence-corrected chi connectivity index (χ4v) is 1.12. The van der Waals surface area contributed by atoms with Gasteiger partial charge in [0, 0.05) is 0 Å². The maximum atomic E-state index is 10.6. The summed E-state index contributed by atoms with van der Waals surface area (Å²) in [7, 11) is 0. The monoisotopic (exact) mass is 160 g/mol. The van der Waals surface area contributed by atoms with Crippen LogP contribution in [0, 0.1) is 11.3 Å². The molecule has 0 bridgehead atoms. The Bertz CT molecular complexity index is 142. The van der Waals surface area contributed by atoms with Crippen LogP contribution in [-0.4, -0.2) is 22.8 Å². The molecule has 66 valence electrons. The third kappa shape index (κ3) is 2.89. The van der Waals surface area contributed by atoms with Crippen LogP contribution in [0.3, 0.4) is 0 Å². The van der Waals surface area contributed by atoms with Crippen LogP contribution >= 0.6 is 0 Å². The molecule has 0 aliphatic rings. The SMILES string of the molecule is CC(C)CC(C)(CO)C(=O)O. The van der Waals surface area contributed by atoms with Crippen molar-refractivity contribution >= 4 is 5.97 Å². The van der Waals surface area contributed by atoms with Crippen LogP contribution in [0.5, 0.6) is 0 Å². The van der Waals surface area contributed by atoms with Gasteiger partial charge in [-0.15, -0.1) is 0 Å². The van der Waals surface area contributed by atoms with Gasteiger partial charge in [-0.05, 0) is 19.3 Å². The van der Waals surface area contributed by atoms with Crippen molar-refractivity contribution in [2.45, 2.75) is 27.2 Å². The number of aliphatic carboxylic acids is 1. The molecule has 0 saturated heterocycles. The minimum atomic E-state index is -0.964. The molecule has 3 heteroatoms. The van der Waals surface area contributed by atoms with Gasteiger partial charge in [-0.1, -0.05) is 13.8 Å². The Kier molecular flexibility index (Phi) is 3.52. The molecule has 11 heavy (non-hydrogen) atoms. The highest BCUT2D eigenvalue weighted by atomic mass is 16.4. The molecule has 1 atom stereocenters. The summed E-state index contributed by atoms with van der Waals surface area (Å²) >= 11 is 0. The number of hydrogen-bond donors (Lipinski definition) is 2. The molecule has 0 amide bonds. The molecule has 0 saturated carbocycles. The van der Waals surface area contributed by atoms with E-state index in [1.807, 2.05) is 13.8 Å². The van der Waals surface area contributed by atoms with E-state index in [1.165, 1.54) is 0 Å². The van der Waals surface area contributed by atoms with E-state index >= 15 is 0 Å². The largest absolute Gasteiger partial charge is 0.481 e. The van der Waals surface area contributed by atoms with Gasteiger partial charge in [0.2, 0.25) is 0 Å². The van der Waals surface area contributed by atoms with Crippen LogP contribution in [0.2, 0.25) is 0 Å². The number of carbonyl (C=O) groups is 1. The maximum absolute atomic E-state index is 10.6. The summed E-state index contributed by atoms with van der Waals surface area (Å²) in [6.07, 6.45) is 0.513. The number of rotatable bonds is 4. The van der Waals surface area contributed by atoms with Crippen molar-refractivity contribution in [3.05, 3.63) is 0 Å². The average Bonchev–Trinajstić information content (AvgIpc) is 1.86. The highest BCUT2D eigenvalue weighted by Gasteiger charge is 2.32. The minimum Gasteiger partial charge on any atom is -0.481 e. The molecular weight excluding hydrogens is 144 g/mol. The molecule has 0 fully saturated rings. The van der Waals surface area contributed by atoms with Crippen LogP contribution in [-0.2, 0) is 4.79 Å². The topological polar surface area (TPSA) is 57.5 Å². The first kappa shape index (κ1) is 10.4. The van der Waals surface area contributed by atoms with Gasteiger partial charge in [0.15, 0.2) is 0 Å². The summed E-state index contributed by atoms with van der Waals surface area (Å²) in [6, 6.07) is 0. The third-order valence-electron chi connectivity index (χ3n) is 1.72. The number of carboxylic acid groups (broad SMARTS) is 1. The molecule has 0 radical (unpaired) electrons. The maximum Gasteiger partial charge on any atom is 0.311 e. The molecular formula is C8H16O3. The number of carboxylic acids is 1. The van der Waals surface area contributed by atoms with E-state index in [1.54, 1.807) is 6.92 Å². The minimum absolute atomic E-state index is 0.291. The van der Waals surface area contributed by atoms with E-state index in [4.69, 9.17) is 10.2 Å². The lowest BCUT2D eigenvalue weighted by molar-refractivity contribution is -0.151. The van der Waals surface area contributed by atoms with Crippen molar-refractivity contribution < 1.29 is 15.0 Å². The molecule has 0 heterocycles. The van der Waals surface area contributed by atoms with Crippen LogP contribution in [0.1, 0.15) is 27.2 Å². The molecule has 2 N–H and O–H groups in total. The highest BCUT2D eigenvalue weighted by Crippen LogP contribution is 2.25. The zero-order chi connectivity index (χ0) is 9.07. The van der Waals surface area contributed by atoms with Gasteiger partial charge in [-0.3, -0.25) is 4.79 Å². The molecule has 0 aromatic carbocycles. The quantitative estimate of drug-likeness (QED) is 0.647. The molecule has 0 spiro atoms. The van der Waals surface area contributed by atoms with Crippen LogP contribution in [0.15, 0.2) is 0 Å². The Balaban J connectivity index is 4.22. The zero-order valence-corrected chi connectivity index (χ0v) is 7.29. The van der Waals surface area contributed by atoms with Crippen molar-refractivity contribution in [1.82, 2.24) is 0 Å². The van der Waals surface area contributed by atoms with E-state index in [-0.39, 0.29) is 6.61 Å². The number of hydrogen-bond acceptors (Lipinski definition) is 2. The molecule has 0 rings (SSSR count). The van der Waals surface area contributed by atoms with E-state index in [2.05, 4.69) is 0 Å². The number of aliphatic hydroxyl groups excluding tert-OH is 1. The second-order valence-corrected chi connectivity index (χ2v) is 3.62. The predicted molar refractivity (Wildman–Crippen MR) is 42.3 cm³/mol. The third-order valence-corrected chi connectivity index (χ3v) is 1.72. The zero-order valence-electron chi connectivity index (χ0n) is 7.29. The average molecular weight is 160 g/mol. The van der Waals surface area contributed by atoms with Gasteiger partial charge in [0.05, 0.1) is 12.0 Å².